The Morgan fingerprint density at radius 1 is 1.14 bits per heavy atom. The highest BCUT2D eigenvalue weighted by Gasteiger charge is 2.21. The molecule has 0 atom stereocenters. The van der Waals surface area contributed by atoms with Crippen LogP contribution in [-0.2, 0) is 0 Å². The van der Waals surface area contributed by atoms with E-state index in [2.05, 4.69) is 29.7 Å². The van der Waals surface area contributed by atoms with Gasteiger partial charge in [-0.1, -0.05) is 0 Å². The number of anilines is 1. The normalized spacial score (nSPS) is 16.7. The molecule has 1 fully saturated rings. The Labute approximate surface area is 122 Å². The molecule has 0 saturated carbocycles. The average molecular weight is 283 g/mol. The van der Waals surface area contributed by atoms with Crippen LogP contribution in [-0.4, -0.2) is 42.5 Å². The fourth-order valence-electron chi connectivity index (χ4n) is 2.93. The predicted octanol–water partition coefficient (Wildman–Crippen LogP) is 1.47. The van der Waals surface area contributed by atoms with E-state index in [-0.39, 0.29) is 0 Å². The molecule has 1 aliphatic heterocycles. The minimum absolute atomic E-state index is 0.545. The molecule has 3 aromatic rings. The lowest BCUT2D eigenvalue weighted by molar-refractivity contribution is 0.394. The summed E-state index contributed by atoms with van der Waals surface area (Å²) in [7, 11) is 0. The minimum atomic E-state index is 0.545. The Bertz CT molecular complexity index is 738. The summed E-state index contributed by atoms with van der Waals surface area (Å²) >= 11 is 0. The molecule has 7 heteroatoms. The maximum absolute atomic E-state index is 4.64. The topological polar surface area (TPSA) is 64.1 Å². The van der Waals surface area contributed by atoms with Crippen molar-refractivity contribution in [3.8, 4) is 0 Å². The van der Waals surface area contributed by atoms with E-state index < -0.39 is 0 Å². The molecule has 108 valence electrons. The number of hydrogen-bond acceptors (Lipinski definition) is 5. The molecule has 4 rings (SSSR count). The summed E-state index contributed by atoms with van der Waals surface area (Å²) in [6, 6.07) is 4.55. The van der Waals surface area contributed by atoms with E-state index in [1.54, 1.807) is 4.52 Å². The van der Waals surface area contributed by atoms with E-state index in [9.17, 15) is 0 Å². The zero-order valence-corrected chi connectivity index (χ0v) is 11.9. The number of fused-ring (bicyclic) bond motifs is 1. The van der Waals surface area contributed by atoms with Crippen molar-refractivity contribution in [3.05, 3.63) is 36.7 Å². The average Bonchev–Trinajstić information content (AvgIpc) is 3.18. The van der Waals surface area contributed by atoms with Crippen LogP contribution >= 0.6 is 0 Å². The van der Waals surface area contributed by atoms with Gasteiger partial charge in [-0.15, -0.1) is 15.3 Å². The summed E-state index contributed by atoms with van der Waals surface area (Å²) < 4.78 is 4.01. The van der Waals surface area contributed by atoms with Gasteiger partial charge in [0.05, 0.1) is 6.33 Å². The zero-order valence-electron chi connectivity index (χ0n) is 11.9. The molecule has 1 aliphatic rings. The van der Waals surface area contributed by atoms with Gasteiger partial charge in [-0.05, 0) is 31.9 Å². The lowest BCUT2D eigenvalue weighted by Gasteiger charge is -2.33. The molecule has 21 heavy (non-hydrogen) atoms. The number of aryl methyl sites for hydroxylation is 1. The van der Waals surface area contributed by atoms with Crippen molar-refractivity contribution in [2.75, 3.05) is 18.0 Å². The maximum Gasteiger partial charge on any atom is 0.178 e. The van der Waals surface area contributed by atoms with Crippen molar-refractivity contribution in [2.24, 2.45) is 0 Å². The van der Waals surface area contributed by atoms with E-state index in [1.807, 2.05) is 37.8 Å². The number of aromatic nitrogens is 6. The summed E-state index contributed by atoms with van der Waals surface area (Å²) in [6.45, 7) is 3.92. The Kier molecular flexibility index (Phi) is 2.83. The fourth-order valence-corrected chi connectivity index (χ4v) is 2.93. The molecule has 0 unspecified atom stereocenters. The molecular formula is C14H17N7. The molecule has 0 radical (unpaired) electrons. The van der Waals surface area contributed by atoms with Crippen LogP contribution in [0.25, 0.3) is 5.65 Å². The van der Waals surface area contributed by atoms with E-state index in [4.69, 9.17) is 0 Å². The highest BCUT2D eigenvalue weighted by Crippen LogP contribution is 2.25. The molecule has 0 spiro atoms. The van der Waals surface area contributed by atoms with Crippen LogP contribution in [0.1, 0.15) is 24.7 Å². The Hall–Kier alpha value is -2.44. The zero-order chi connectivity index (χ0) is 14.2. The van der Waals surface area contributed by atoms with E-state index in [1.165, 1.54) is 0 Å². The number of hydrogen-bond donors (Lipinski definition) is 0. The molecule has 4 heterocycles. The largest absolute Gasteiger partial charge is 0.355 e. The van der Waals surface area contributed by atoms with Crippen LogP contribution in [0.15, 0.2) is 30.9 Å². The van der Waals surface area contributed by atoms with Crippen LogP contribution < -0.4 is 4.90 Å². The summed E-state index contributed by atoms with van der Waals surface area (Å²) in [6.07, 6.45) is 8.02. The van der Waals surface area contributed by atoms with Crippen molar-refractivity contribution in [1.29, 1.82) is 0 Å². The van der Waals surface area contributed by atoms with Gasteiger partial charge in [-0.2, -0.15) is 4.52 Å². The number of imidazole rings is 1. The Morgan fingerprint density at radius 2 is 2.00 bits per heavy atom. The molecule has 3 aromatic heterocycles. The van der Waals surface area contributed by atoms with Crippen molar-refractivity contribution in [1.82, 2.24) is 29.4 Å². The molecule has 0 aromatic carbocycles. The molecule has 0 aliphatic carbocycles. The molecule has 1 saturated heterocycles. The summed E-state index contributed by atoms with van der Waals surface area (Å²) in [5, 5.41) is 12.8. The Morgan fingerprint density at radius 3 is 2.76 bits per heavy atom. The number of rotatable bonds is 2. The van der Waals surface area contributed by atoms with Crippen LogP contribution in [0.4, 0.5) is 5.82 Å². The van der Waals surface area contributed by atoms with Crippen LogP contribution in [0.3, 0.4) is 0 Å². The first-order chi connectivity index (χ1) is 10.3. The first-order valence-electron chi connectivity index (χ1n) is 7.23. The van der Waals surface area contributed by atoms with Crippen molar-refractivity contribution in [3.63, 3.8) is 0 Å². The van der Waals surface area contributed by atoms with Gasteiger partial charge in [-0.25, -0.2) is 4.98 Å². The third-order valence-electron chi connectivity index (χ3n) is 4.14. The summed E-state index contributed by atoms with van der Waals surface area (Å²) in [5.74, 6) is 1.81. The predicted molar refractivity (Wildman–Crippen MR) is 78.2 cm³/mol. The molecule has 0 bridgehead atoms. The summed E-state index contributed by atoms with van der Waals surface area (Å²) in [4.78, 5) is 6.46. The van der Waals surface area contributed by atoms with Crippen molar-refractivity contribution >= 4 is 11.5 Å². The van der Waals surface area contributed by atoms with E-state index in [0.29, 0.717) is 6.04 Å². The van der Waals surface area contributed by atoms with Crippen molar-refractivity contribution < 1.29 is 0 Å². The third kappa shape index (κ3) is 2.14. The lowest BCUT2D eigenvalue weighted by atomic mass is 10.1. The second kappa shape index (κ2) is 4.83. The monoisotopic (exact) mass is 283 g/mol. The van der Waals surface area contributed by atoms with Crippen LogP contribution in [0.5, 0.6) is 0 Å². The standard InChI is InChI=1S/C14H17N7/c1-11-16-17-13-2-3-14(18-21(11)13)19-7-4-12(5-8-19)20-9-6-15-10-20/h2-3,6,9-10,12H,4-5,7-8H2,1H3. The molecule has 0 N–H and O–H groups in total. The number of nitrogens with zero attached hydrogens (tertiary/aromatic N) is 7. The van der Waals surface area contributed by atoms with Gasteiger partial charge < -0.3 is 9.47 Å². The minimum Gasteiger partial charge on any atom is -0.355 e. The van der Waals surface area contributed by atoms with Gasteiger partial charge in [0, 0.05) is 31.5 Å². The number of piperidine rings is 1. The van der Waals surface area contributed by atoms with Gasteiger partial charge in [0.2, 0.25) is 0 Å². The van der Waals surface area contributed by atoms with Gasteiger partial charge in [0.1, 0.15) is 5.82 Å². The highest BCUT2D eigenvalue weighted by molar-refractivity contribution is 5.45. The first kappa shape index (κ1) is 12.3. The highest BCUT2D eigenvalue weighted by atomic mass is 15.4. The first-order valence-corrected chi connectivity index (χ1v) is 7.23. The maximum atomic E-state index is 4.64. The van der Waals surface area contributed by atoms with E-state index in [0.717, 1.165) is 43.2 Å². The molecular weight excluding hydrogens is 266 g/mol. The molecule has 7 nitrogen and oxygen atoms in total. The van der Waals surface area contributed by atoms with Gasteiger partial charge >= 0.3 is 0 Å². The second-order valence-corrected chi connectivity index (χ2v) is 5.44. The van der Waals surface area contributed by atoms with Gasteiger partial charge in [-0.3, -0.25) is 0 Å². The molecule has 0 amide bonds. The smallest absolute Gasteiger partial charge is 0.178 e. The second-order valence-electron chi connectivity index (χ2n) is 5.44. The SMILES string of the molecule is Cc1nnc2ccc(N3CCC(n4ccnc4)CC3)nn12. The van der Waals surface area contributed by atoms with Gasteiger partial charge in [0.25, 0.3) is 0 Å². The van der Waals surface area contributed by atoms with Crippen molar-refractivity contribution in [2.45, 2.75) is 25.8 Å². The van der Waals surface area contributed by atoms with Crippen LogP contribution in [0, 0.1) is 6.92 Å². The quantitative estimate of drug-likeness (QED) is 0.712. The van der Waals surface area contributed by atoms with Crippen LogP contribution in [0.2, 0.25) is 0 Å². The van der Waals surface area contributed by atoms with Gasteiger partial charge in [0.15, 0.2) is 11.5 Å². The third-order valence-corrected chi connectivity index (χ3v) is 4.14. The summed E-state index contributed by atoms with van der Waals surface area (Å²) in [5.41, 5.74) is 0.796. The van der Waals surface area contributed by atoms with E-state index >= 15 is 0 Å². The fraction of sp³-hybridized carbons (Fsp3) is 0.429. The lowest BCUT2D eigenvalue weighted by Crippen LogP contribution is -2.35. The Balaban J connectivity index is 1.53.